The van der Waals surface area contributed by atoms with E-state index in [2.05, 4.69) is 33.0 Å². The second-order valence-electron chi connectivity index (χ2n) is 3.73. The van der Waals surface area contributed by atoms with Crippen LogP contribution in [0.15, 0.2) is 0 Å². The number of hydrogen-bond acceptors (Lipinski definition) is 2. The molecule has 0 aliphatic heterocycles. The topological polar surface area (TPSA) is 21.3 Å². The van der Waals surface area contributed by atoms with Crippen LogP contribution in [0.25, 0.3) is 0 Å². The van der Waals surface area contributed by atoms with Crippen molar-refractivity contribution < 1.29 is 4.74 Å². The van der Waals surface area contributed by atoms with Crippen LogP contribution in [-0.4, -0.2) is 25.8 Å². The standard InChI is InChI=1S/C10H23NO/c1-5-10(4)11-6-7-12-8-9(2)3/h9-11H,5-8H2,1-4H3. The summed E-state index contributed by atoms with van der Waals surface area (Å²) in [7, 11) is 0. The van der Waals surface area contributed by atoms with Gasteiger partial charge in [0.05, 0.1) is 6.61 Å². The predicted molar refractivity (Wildman–Crippen MR) is 53.4 cm³/mol. The van der Waals surface area contributed by atoms with E-state index >= 15 is 0 Å². The summed E-state index contributed by atoms with van der Waals surface area (Å²) >= 11 is 0. The van der Waals surface area contributed by atoms with Crippen molar-refractivity contribution in [3.8, 4) is 0 Å². The van der Waals surface area contributed by atoms with E-state index < -0.39 is 0 Å². The van der Waals surface area contributed by atoms with Gasteiger partial charge in [-0.1, -0.05) is 20.8 Å². The summed E-state index contributed by atoms with van der Waals surface area (Å²) in [5.74, 6) is 0.647. The Hall–Kier alpha value is -0.0800. The van der Waals surface area contributed by atoms with E-state index in [0.29, 0.717) is 12.0 Å². The van der Waals surface area contributed by atoms with Crippen molar-refractivity contribution >= 4 is 0 Å². The third-order valence-electron chi connectivity index (χ3n) is 1.80. The van der Waals surface area contributed by atoms with Crippen LogP contribution in [0.4, 0.5) is 0 Å². The van der Waals surface area contributed by atoms with Crippen molar-refractivity contribution in [1.82, 2.24) is 5.32 Å². The molecule has 0 saturated heterocycles. The lowest BCUT2D eigenvalue weighted by Gasteiger charge is -2.11. The molecule has 1 atom stereocenters. The SMILES string of the molecule is CCC(C)NCCOCC(C)C. The maximum Gasteiger partial charge on any atom is 0.0591 e. The summed E-state index contributed by atoms with van der Waals surface area (Å²) in [5.41, 5.74) is 0. The van der Waals surface area contributed by atoms with Crippen molar-refractivity contribution in [3.63, 3.8) is 0 Å². The van der Waals surface area contributed by atoms with Gasteiger partial charge >= 0.3 is 0 Å². The number of rotatable bonds is 7. The molecule has 2 nitrogen and oxygen atoms in total. The van der Waals surface area contributed by atoms with Gasteiger partial charge in [0.1, 0.15) is 0 Å². The summed E-state index contributed by atoms with van der Waals surface area (Å²) < 4.78 is 5.43. The molecule has 0 radical (unpaired) electrons. The second kappa shape index (κ2) is 7.56. The lowest BCUT2D eigenvalue weighted by Crippen LogP contribution is -2.29. The van der Waals surface area contributed by atoms with Crippen LogP contribution in [0.2, 0.25) is 0 Å². The number of ether oxygens (including phenoxy) is 1. The Balaban J connectivity index is 3.00. The fourth-order valence-corrected chi connectivity index (χ4v) is 0.841. The minimum atomic E-state index is 0.618. The van der Waals surface area contributed by atoms with E-state index in [1.807, 2.05) is 0 Å². The maximum atomic E-state index is 5.43. The highest BCUT2D eigenvalue weighted by Gasteiger charge is 1.96. The molecule has 12 heavy (non-hydrogen) atoms. The fourth-order valence-electron chi connectivity index (χ4n) is 0.841. The average molecular weight is 173 g/mol. The Morgan fingerprint density at radius 3 is 2.42 bits per heavy atom. The Morgan fingerprint density at radius 2 is 1.92 bits per heavy atom. The third-order valence-corrected chi connectivity index (χ3v) is 1.80. The van der Waals surface area contributed by atoms with E-state index in [1.165, 1.54) is 6.42 Å². The molecule has 0 rings (SSSR count). The molecule has 0 aromatic carbocycles. The highest BCUT2D eigenvalue weighted by molar-refractivity contribution is 4.56. The highest BCUT2D eigenvalue weighted by Crippen LogP contribution is 1.91. The van der Waals surface area contributed by atoms with Gasteiger partial charge < -0.3 is 10.1 Å². The molecule has 0 heterocycles. The van der Waals surface area contributed by atoms with Crippen LogP contribution in [0.1, 0.15) is 34.1 Å². The van der Waals surface area contributed by atoms with Gasteiger partial charge in [0, 0.05) is 19.2 Å². The van der Waals surface area contributed by atoms with E-state index in [4.69, 9.17) is 4.74 Å². The first-order valence-corrected chi connectivity index (χ1v) is 4.98. The quantitative estimate of drug-likeness (QED) is 0.595. The van der Waals surface area contributed by atoms with Gasteiger partial charge in [0.15, 0.2) is 0 Å². The predicted octanol–water partition coefficient (Wildman–Crippen LogP) is 2.05. The fraction of sp³-hybridized carbons (Fsp3) is 1.00. The van der Waals surface area contributed by atoms with Gasteiger partial charge in [0.2, 0.25) is 0 Å². The van der Waals surface area contributed by atoms with Crippen molar-refractivity contribution in [2.45, 2.75) is 40.2 Å². The van der Waals surface area contributed by atoms with Gasteiger partial charge in [-0.15, -0.1) is 0 Å². The molecule has 74 valence electrons. The van der Waals surface area contributed by atoms with Gasteiger partial charge in [-0.3, -0.25) is 0 Å². The number of hydrogen-bond donors (Lipinski definition) is 1. The molecule has 0 bridgehead atoms. The van der Waals surface area contributed by atoms with Crippen LogP contribution in [0, 0.1) is 5.92 Å². The van der Waals surface area contributed by atoms with Crippen molar-refractivity contribution in [1.29, 1.82) is 0 Å². The van der Waals surface area contributed by atoms with Crippen LogP contribution >= 0.6 is 0 Å². The molecule has 0 amide bonds. The average Bonchev–Trinajstić information content (AvgIpc) is 2.03. The molecule has 0 saturated carbocycles. The Morgan fingerprint density at radius 1 is 1.25 bits per heavy atom. The van der Waals surface area contributed by atoms with Crippen LogP contribution < -0.4 is 5.32 Å². The van der Waals surface area contributed by atoms with Crippen LogP contribution in [-0.2, 0) is 4.74 Å². The molecule has 0 fully saturated rings. The largest absolute Gasteiger partial charge is 0.380 e. The molecule has 1 unspecified atom stereocenters. The van der Waals surface area contributed by atoms with Gasteiger partial charge in [0.25, 0.3) is 0 Å². The van der Waals surface area contributed by atoms with E-state index in [1.54, 1.807) is 0 Å². The summed E-state index contributed by atoms with van der Waals surface area (Å²) in [6.45, 7) is 11.4. The van der Waals surface area contributed by atoms with Crippen LogP contribution in [0.5, 0.6) is 0 Å². The van der Waals surface area contributed by atoms with Gasteiger partial charge in [-0.05, 0) is 19.3 Å². The molecule has 0 aliphatic carbocycles. The zero-order chi connectivity index (χ0) is 9.40. The molecule has 0 aromatic rings. The first-order valence-electron chi connectivity index (χ1n) is 4.98. The molecule has 0 spiro atoms. The summed E-state index contributed by atoms with van der Waals surface area (Å²) in [6.07, 6.45) is 1.18. The lowest BCUT2D eigenvalue weighted by molar-refractivity contribution is 0.110. The highest BCUT2D eigenvalue weighted by atomic mass is 16.5. The third kappa shape index (κ3) is 8.02. The molecular formula is C10H23NO. The monoisotopic (exact) mass is 173 g/mol. The summed E-state index contributed by atoms with van der Waals surface area (Å²) in [4.78, 5) is 0. The first kappa shape index (κ1) is 11.9. The van der Waals surface area contributed by atoms with E-state index in [-0.39, 0.29) is 0 Å². The number of nitrogens with one attached hydrogen (secondary N) is 1. The summed E-state index contributed by atoms with van der Waals surface area (Å²) in [6, 6.07) is 0.618. The normalized spacial score (nSPS) is 13.8. The Labute approximate surface area is 76.7 Å². The van der Waals surface area contributed by atoms with Crippen LogP contribution in [0.3, 0.4) is 0 Å². The van der Waals surface area contributed by atoms with E-state index in [0.717, 1.165) is 19.8 Å². The second-order valence-corrected chi connectivity index (χ2v) is 3.73. The Bertz CT molecular complexity index is 93.8. The van der Waals surface area contributed by atoms with Gasteiger partial charge in [-0.25, -0.2) is 0 Å². The van der Waals surface area contributed by atoms with Crippen molar-refractivity contribution in [3.05, 3.63) is 0 Å². The van der Waals surface area contributed by atoms with Crippen molar-refractivity contribution in [2.24, 2.45) is 5.92 Å². The first-order chi connectivity index (χ1) is 5.66. The van der Waals surface area contributed by atoms with Crippen molar-refractivity contribution in [2.75, 3.05) is 19.8 Å². The van der Waals surface area contributed by atoms with Gasteiger partial charge in [-0.2, -0.15) is 0 Å². The summed E-state index contributed by atoms with van der Waals surface area (Å²) in [5, 5.41) is 3.38. The minimum Gasteiger partial charge on any atom is -0.380 e. The zero-order valence-electron chi connectivity index (χ0n) is 8.89. The molecular weight excluding hydrogens is 150 g/mol. The molecule has 1 N–H and O–H groups in total. The zero-order valence-corrected chi connectivity index (χ0v) is 8.89. The molecule has 2 heteroatoms. The smallest absolute Gasteiger partial charge is 0.0591 e. The van der Waals surface area contributed by atoms with E-state index in [9.17, 15) is 0 Å². The minimum absolute atomic E-state index is 0.618. The Kier molecular flexibility index (Phi) is 7.51. The maximum absolute atomic E-state index is 5.43. The molecule has 0 aromatic heterocycles. The lowest BCUT2D eigenvalue weighted by atomic mass is 10.2. The molecule has 0 aliphatic rings.